The average Bonchev–Trinajstić information content (AvgIpc) is 3.07. The molecule has 8 heteroatoms. The predicted molar refractivity (Wildman–Crippen MR) is 101 cm³/mol. The maximum atomic E-state index is 12.7. The molecular formula is C19H20N2O5S. The lowest BCUT2D eigenvalue weighted by atomic mass is 10.1. The summed E-state index contributed by atoms with van der Waals surface area (Å²) in [5, 5.41) is 0. The van der Waals surface area contributed by atoms with Crippen molar-refractivity contribution in [1.29, 1.82) is 0 Å². The number of methoxy groups -OCH3 is 1. The van der Waals surface area contributed by atoms with E-state index >= 15 is 0 Å². The summed E-state index contributed by atoms with van der Waals surface area (Å²) in [4.78, 5) is 25.3. The lowest BCUT2D eigenvalue weighted by Crippen LogP contribution is -2.23. The molecular weight excluding hydrogens is 368 g/mol. The number of sulfonamides is 1. The van der Waals surface area contributed by atoms with Crippen molar-refractivity contribution in [3.63, 3.8) is 0 Å². The smallest absolute Gasteiger partial charge is 0.338 e. The molecule has 0 bridgehead atoms. The van der Waals surface area contributed by atoms with Crippen LogP contribution in [0.1, 0.15) is 28.8 Å². The van der Waals surface area contributed by atoms with E-state index in [0.29, 0.717) is 29.9 Å². The van der Waals surface area contributed by atoms with Crippen LogP contribution < -0.4 is 9.62 Å². The van der Waals surface area contributed by atoms with Crippen LogP contribution in [-0.2, 0) is 19.6 Å². The van der Waals surface area contributed by atoms with E-state index in [9.17, 15) is 18.0 Å². The highest BCUT2D eigenvalue weighted by Crippen LogP contribution is 2.26. The largest absolute Gasteiger partial charge is 0.465 e. The highest BCUT2D eigenvalue weighted by molar-refractivity contribution is 7.92. The zero-order chi connectivity index (χ0) is 19.6. The van der Waals surface area contributed by atoms with Crippen molar-refractivity contribution in [2.24, 2.45) is 0 Å². The van der Waals surface area contributed by atoms with Crippen LogP contribution in [0.5, 0.6) is 0 Å². The van der Waals surface area contributed by atoms with Gasteiger partial charge in [-0.25, -0.2) is 13.2 Å². The van der Waals surface area contributed by atoms with Crippen LogP contribution in [0.15, 0.2) is 47.4 Å². The van der Waals surface area contributed by atoms with Crippen LogP contribution in [0.3, 0.4) is 0 Å². The zero-order valence-corrected chi connectivity index (χ0v) is 15.9. The van der Waals surface area contributed by atoms with E-state index in [1.54, 1.807) is 42.2 Å². The first-order chi connectivity index (χ1) is 12.8. The number of aryl methyl sites for hydroxylation is 1. The minimum Gasteiger partial charge on any atom is -0.465 e. The molecule has 0 saturated carbocycles. The number of rotatable bonds is 5. The summed E-state index contributed by atoms with van der Waals surface area (Å²) in [6.45, 7) is 2.32. The first-order valence-electron chi connectivity index (χ1n) is 8.44. The van der Waals surface area contributed by atoms with Gasteiger partial charge in [0.15, 0.2) is 0 Å². The SMILES string of the molecule is COC(=O)c1cc(S(=O)(=O)Nc2cccc(N3CCCC3=O)c2)ccc1C. The number of carbonyl (C=O) groups excluding carboxylic acids is 2. The van der Waals surface area contributed by atoms with E-state index in [-0.39, 0.29) is 16.4 Å². The molecule has 1 aliphatic heterocycles. The van der Waals surface area contributed by atoms with Gasteiger partial charge >= 0.3 is 5.97 Å². The van der Waals surface area contributed by atoms with Gasteiger partial charge in [0.25, 0.3) is 10.0 Å². The van der Waals surface area contributed by atoms with Gasteiger partial charge in [0.2, 0.25) is 5.91 Å². The van der Waals surface area contributed by atoms with E-state index in [0.717, 1.165) is 6.42 Å². The number of esters is 1. The molecule has 1 fully saturated rings. The van der Waals surface area contributed by atoms with Crippen LogP contribution in [0.2, 0.25) is 0 Å². The van der Waals surface area contributed by atoms with E-state index in [1.165, 1.54) is 19.2 Å². The molecule has 0 atom stereocenters. The summed E-state index contributed by atoms with van der Waals surface area (Å²) >= 11 is 0. The molecule has 1 saturated heterocycles. The molecule has 27 heavy (non-hydrogen) atoms. The number of anilines is 2. The van der Waals surface area contributed by atoms with Crippen LogP contribution in [0.4, 0.5) is 11.4 Å². The Morgan fingerprint density at radius 3 is 2.63 bits per heavy atom. The third kappa shape index (κ3) is 3.95. The third-order valence-electron chi connectivity index (χ3n) is 4.41. The summed E-state index contributed by atoms with van der Waals surface area (Å²) in [5.41, 5.74) is 1.80. The van der Waals surface area contributed by atoms with Gasteiger partial charge in [-0.2, -0.15) is 0 Å². The second-order valence-electron chi connectivity index (χ2n) is 6.27. The van der Waals surface area contributed by atoms with Gasteiger partial charge in [0, 0.05) is 18.7 Å². The molecule has 2 aromatic rings. The molecule has 1 amide bonds. The maximum absolute atomic E-state index is 12.7. The lowest BCUT2D eigenvalue weighted by molar-refractivity contribution is -0.117. The average molecular weight is 388 g/mol. The van der Waals surface area contributed by atoms with E-state index < -0.39 is 16.0 Å². The summed E-state index contributed by atoms with van der Waals surface area (Å²) in [5.74, 6) is -0.574. The van der Waals surface area contributed by atoms with Gasteiger partial charge in [-0.1, -0.05) is 12.1 Å². The molecule has 2 aromatic carbocycles. The normalized spacial score (nSPS) is 14.3. The Labute approximate surface area is 158 Å². The Balaban J connectivity index is 1.89. The lowest BCUT2D eigenvalue weighted by Gasteiger charge is -2.17. The summed E-state index contributed by atoms with van der Waals surface area (Å²) in [7, 11) is -2.67. The van der Waals surface area contributed by atoms with Crippen molar-refractivity contribution in [2.45, 2.75) is 24.7 Å². The van der Waals surface area contributed by atoms with Crippen LogP contribution >= 0.6 is 0 Å². The monoisotopic (exact) mass is 388 g/mol. The number of hydrogen-bond acceptors (Lipinski definition) is 5. The highest BCUT2D eigenvalue weighted by Gasteiger charge is 2.23. The fourth-order valence-corrected chi connectivity index (χ4v) is 4.05. The number of amides is 1. The topological polar surface area (TPSA) is 92.8 Å². The van der Waals surface area contributed by atoms with E-state index in [2.05, 4.69) is 4.72 Å². The van der Waals surface area contributed by atoms with Gasteiger partial charge in [-0.3, -0.25) is 9.52 Å². The number of benzene rings is 2. The molecule has 1 aliphatic rings. The molecule has 0 spiro atoms. The van der Waals surface area contributed by atoms with Crippen LogP contribution in [0, 0.1) is 6.92 Å². The standard InChI is InChI=1S/C19H20N2O5S/c1-13-8-9-16(12-17(13)19(23)26-2)27(24,25)20-14-5-3-6-15(11-14)21-10-4-7-18(21)22/h3,5-6,8-9,11-12,20H,4,7,10H2,1-2H3. The van der Waals surface area contributed by atoms with Gasteiger partial charge in [0.1, 0.15) is 0 Å². The Morgan fingerprint density at radius 2 is 1.96 bits per heavy atom. The van der Waals surface area contributed by atoms with Crippen molar-refractivity contribution in [3.05, 3.63) is 53.6 Å². The van der Waals surface area contributed by atoms with Crippen molar-refractivity contribution in [1.82, 2.24) is 0 Å². The number of ether oxygens (including phenoxy) is 1. The number of hydrogen-bond donors (Lipinski definition) is 1. The van der Waals surface area contributed by atoms with Crippen LogP contribution in [0.25, 0.3) is 0 Å². The Bertz CT molecular complexity index is 1000. The van der Waals surface area contributed by atoms with E-state index in [1.807, 2.05) is 0 Å². The summed E-state index contributed by atoms with van der Waals surface area (Å²) in [6.07, 6.45) is 1.28. The fourth-order valence-electron chi connectivity index (χ4n) is 2.97. The summed E-state index contributed by atoms with van der Waals surface area (Å²) in [6, 6.07) is 11.0. The minimum atomic E-state index is -3.91. The molecule has 0 aromatic heterocycles. The first-order valence-corrected chi connectivity index (χ1v) is 9.92. The van der Waals surface area contributed by atoms with Crippen LogP contribution in [-0.4, -0.2) is 33.9 Å². The van der Waals surface area contributed by atoms with Crippen molar-refractivity contribution >= 4 is 33.3 Å². The Morgan fingerprint density at radius 1 is 1.19 bits per heavy atom. The molecule has 0 radical (unpaired) electrons. The molecule has 1 N–H and O–H groups in total. The minimum absolute atomic E-state index is 0.0243. The van der Waals surface area contributed by atoms with Crippen molar-refractivity contribution < 1.29 is 22.7 Å². The number of carbonyl (C=O) groups is 2. The predicted octanol–water partition coefficient (Wildman–Crippen LogP) is 2.71. The molecule has 0 unspecified atom stereocenters. The van der Waals surface area contributed by atoms with Gasteiger partial charge < -0.3 is 9.64 Å². The highest BCUT2D eigenvalue weighted by atomic mass is 32.2. The van der Waals surface area contributed by atoms with Crippen molar-refractivity contribution in [2.75, 3.05) is 23.3 Å². The van der Waals surface area contributed by atoms with Gasteiger partial charge in [-0.05, 0) is 49.2 Å². The van der Waals surface area contributed by atoms with Gasteiger partial charge in [0.05, 0.1) is 23.3 Å². The van der Waals surface area contributed by atoms with Gasteiger partial charge in [-0.15, -0.1) is 0 Å². The summed E-state index contributed by atoms with van der Waals surface area (Å²) < 4.78 is 32.7. The molecule has 1 heterocycles. The third-order valence-corrected chi connectivity index (χ3v) is 5.79. The first kappa shape index (κ1) is 18.9. The Kier molecular flexibility index (Phi) is 5.18. The quantitative estimate of drug-likeness (QED) is 0.795. The van der Waals surface area contributed by atoms with Crippen molar-refractivity contribution in [3.8, 4) is 0 Å². The second kappa shape index (κ2) is 7.40. The zero-order valence-electron chi connectivity index (χ0n) is 15.1. The molecule has 142 valence electrons. The molecule has 3 rings (SSSR count). The second-order valence-corrected chi connectivity index (χ2v) is 7.96. The van der Waals surface area contributed by atoms with E-state index in [4.69, 9.17) is 4.74 Å². The fraction of sp³-hybridized carbons (Fsp3) is 0.263. The molecule has 0 aliphatic carbocycles. The Hall–Kier alpha value is -2.87. The molecule has 7 nitrogen and oxygen atoms in total. The number of nitrogens with one attached hydrogen (secondary N) is 1. The maximum Gasteiger partial charge on any atom is 0.338 e. The number of nitrogens with zero attached hydrogens (tertiary/aromatic N) is 1.